The summed E-state index contributed by atoms with van der Waals surface area (Å²) in [5, 5.41) is 0. The van der Waals surface area contributed by atoms with Gasteiger partial charge in [0.1, 0.15) is 5.75 Å². The molecule has 0 bridgehead atoms. The van der Waals surface area contributed by atoms with Crippen LogP contribution in [0.2, 0.25) is 0 Å². The SMILES string of the molecule is C=CCc1ccccc1-c1ccc(F)c(Oc2ccccc2)c1. The van der Waals surface area contributed by atoms with E-state index in [1.807, 2.05) is 42.5 Å². The van der Waals surface area contributed by atoms with E-state index in [4.69, 9.17) is 4.74 Å². The molecule has 3 rings (SSSR count). The first-order chi connectivity index (χ1) is 11.3. The van der Waals surface area contributed by atoms with Gasteiger partial charge in [0.15, 0.2) is 11.6 Å². The van der Waals surface area contributed by atoms with Crippen molar-refractivity contribution in [3.63, 3.8) is 0 Å². The predicted molar refractivity (Wildman–Crippen MR) is 92.3 cm³/mol. The van der Waals surface area contributed by atoms with Crippen LogP contribution in [-0.2, 0) is 6.42 Å². The van der Waals surface area contributed by atoms with Gasteiger partial charge < -0.3 is 4.74 Å². The number of rotatable bonds is 5. The van der Waals surface area contributed by atoms with Crippen LogP contribution in [0.3, 0.4) is 0 Å². The molecule has 0 unspecified atom stereocenters. The van der Waals surface area contributed by atoms with E-state index in [9.17, 15) is 4.39 Å². The molecule has 3 aromatic rings. The summed E-state index contributed by atoms with van der Waals surface area (Å²) < 4.78 is 19.8. The Balaban J connectivity index is 1.99. The second-order valence-corrected chi connectivity index (χ2v) is 5.21. The van der Waals surface area contributed by atoms with Crippen molar-refractivity contribution in [2.24, 2.45) is 0 Å². The first-order valence-corrected chi connectivity index (χ1v) is 7.49. The van der Waals surface area contributed by atoms with Crippen molar-refractivity contribution in [2.75, 3.05) is 0 Å². The maximum atomic E-state index is 14.1. The molecule has 0 aromatic heterocycles. The molecule has 0 fully saturated rings. The lowest BCUT2D eigenvalue weighted by molar-refractivity contribution is 0.442. The van der Waals surface area contributed by atoms with E-state index < -0.39 is 0 Å². The third-order valence-corrected chi connectivity index (χ3v) is 3.59. The molecule has 0 radical (unpaired) electrons. The van der Waals surface area contributed by atoms with Gasteiger partial charge in [0, 0.05) is 0 Å². The summed E-state index contributed by atoms with van der Waals surface area (Å²) in [7, 11) is 0. The Hall–Kier alpha value is -2.87. The van der Waals surface area contributed by atoms with Crippen molar-refractivity contribution in [3.05, 3.63) is 96.8 Å². The normalized spacial score (nSPS) is 10.3. The van der Waals surface area contributed by atoms with Gasteiger partial charge in [0.2, 0.25) is 0 Å². The monoisotopic (exact) mass is 304 g/mol. The van der Waals surface area contributed by atoms with E-state index in [2.05, 4.69) is 12.6 Å². The zero-order valence-corrected chi connectivity index (χ0v) is 12.7. The van der Waals surface area contributed by atoms with Gasteiger partial charge >= 0.3 is 0 Å². The lowest BCUT2D eigenvalue weighted by Crippen LogP contribution is -1.92. The summed E-state index contributed by atoms with van der Waals surface area (Å²) in [6.07, 6.45) is 2.63. The number of hydrogen-bond acceptors (Lipinski definition) is 1. The Kier molecular flexibility index (Phi) is 4.53. The van der Waals surface area contributed by atoms with Gasteiger partial charge in [-0.1, -0.05) is 54.6 Å². The summed E-state index contributed by atoms with van der Waals surface area (Å²) in [6.45, 7) is 3.79. The highest BCUT2D eigenvalue weighted by Crippen LogP contribution is 2.31. The molecule has 0 aliphatic rings. The second kappa shape index (κ2) is 6.93. The zero-order chi connectivity index (χ0) is 16.1. The lowest BCUT2D eigenvalue weighted by Gasteiger charge is -2.11. The predicted octanol–water partition coefficient (Wildman–Crippen LogP) is 6.01. The molecule has 0 spiro atoms. The molecule has 3 aromatic carbocycles. The van der Waals surface area contributed by atoms with Crippen LogP contribution in [0.15, 0.2) is 85.5 Å². The highest BCUT2D eigenvalue weighted by Gasteiger charge is 2.09. The Labute approximate surface area is 135 Å². The Morgan fingerprint density at radius 1 is 0.913 bits per heavy atom. The van der Waals surface area contributed by atoms with Crippen LogP contribution < -0.4 is 4.74 Å². The smallest absolute Gasteiger partial charge is 0.165 e. The van der Waals surface area contributed by atoms with Gasteiger partial charge in [0.05, 0.1) is 0 Å². The van der Waals surface area contributed by atoms with Crippen LogP contribution in [0, 0.1) is 5.82 Å². The number of allylic oxidation sites excluding steroid dienone is 1. The average Bonchev–Trinajstić information content (AvgIpc) is 2.59. The molecule has 0 saturated heterocycles. The summed E-state index contributed by atoms with van der Waals surface area (Å²) >= 11 is 0. The van der Waals surface area contributed by atoms with E-state index in [0.29, 0.717) is 5.75 Å². The molecular formula is C21H17FO. The van der Waals surface area contributed by atoms with Crippen LogP contribution in [-0.4, -0.2) is 0 Å². The first-order valence-electron chi connectivity index (χ1n) is 7.49. The van der Waals surface area contributed by atoms with Gasteiger partial charge in [-0.3, -0.25) is 0 Å². The molecule has 1 nitrogen and oxygen atoms in total. The Morgan fingerprint density at radius 2 is 1.65 bits per heavy atom. The largest absolute Gasteiger partial charge is 0.454 e. The van der Waals surface area contributed by atoms with Gasteiger partial charge in [-0.25, -0.2) is 4.39 Å². The Bertz CT molecular complexity index is 809. The fraction of sp³-hybridized carbons (Fsp3) is 0.0476. The van der Waals surface area contributed by atoms with Crippen molar-refractivity contribution < 1.29 is 9.13 Å². The second-order valence-electron chi connectivity index (χ2n) is 5.21. The van der Waals surface area contributed by atoms with Gasteiger partial charge in [-0.15, -0.1) is 6.58 Å². The number of benzene rings is 3. The Morgan fingerprint density at radius 3 is 2.43 bits per heavy atom. The minimum Gasteiger partial charge on any atom is -0.454 e. The molecule has 0 saturated carbocycles. The maximum absolute atomic E-state index is 14.1. The van der Waals surface area contributed by atoms with Crippen molar-refractivity contribution in [1.82, 2.24) is 0 Å². The number of halogens is 1. The molecule has 0 amide bonds. The van der Waals surface area contributed by atoms with E-state index in [-0.39, 0.29) is 11.6 Å². The van der Waals surface area contributed by atoms with Crippen LogP contribution in [0.4, 0.5) is 4.39 Å². The minimum atomic E-state index is -0.376. The molecule has 0 aliphatic carbocycles. The van der Waals surface area contributed by atoms with E-state index in [0.717, 1.165) is 23.1 Å². The molecule has 114 valence electrons. The van der Waals surface area contributed by atoms with Crippen LogP contribution in [0.1, 0.15) is 5.56 Å². The zero-order valence-electron chi connectivity index (χ0n) is 12.7. The molecule has 0 N–H and O–H groups in total. The van der Waals surface area contributed by atoms with E-state index in [1.54, 1.807) is 24.3 Å². The number of ether oxygens (including phenoxy) is 1. The van der Waals surface area contributed by atoms with Gasteiger partial charge in [0.25, 0.3) is 0 Å². The summed E-state index contributed by atoms with van der Waals surface area (Å²) in [4.78, 5) is 0. The third kappa shape index (κ3) is 3.49. The lowest BCUT2D eigenvalue weighted by atomic mass is 9.97. The quantitative estimate of drug-likeness (QED) is 0.524. The summed E-state index contributed by atoms with van der Waals surface area (Å²) in [5.41, 5.74) is 3.14. The number of hydrogen-bond donors (Lipinski definition) is 0. The highest BCUT2D eigenvalue weighted by molar-refractivity contribution is 5.69. The minimum absolute atomic E-state index is 0.224. The first kappa shape index (κ1) is 15.0. The molecule has 0 aliphatic heterocycles. The highest BCUT2D eigenvalue weighted by atomic mass is 19.1. The van der Waals surface area contributed by atoms with E-state index >= 15 is 0 Å². The molecule has 23 heavy (non-hydrogen) atoms. The van der Waals surface area contributed by atoms with Crippen molar-refractivity contribution in [1.29, 1.82) is 0 Å². The van der Waals surface area contributed by atoms with Crippen molar-refractivity contribution in [3.8, 4) is 22.6 Å². The van der Waals surface area contributed by atoms with Crippen LogP contribution >= 0.6 is 0 Å². The van der Waals surface area contributed by atoms with Crippen molar-refractivity contribution in [2.45, 2.75) is 6.42 Å². The standard InChI is InChI=1S/C21H17FO/c1-2-8-16-9-6-7-12-19(16)17-13-14-20(22)21(15-17)23-18-10-4-3-5-11-18/h2-7,9-15H,1,8H2. The van der Waals surface area contributed by atoms with Gasteiger partial charge in [-0.05, 0) is 47.4 Å². The summed E-state index contributed by atoms with van der Waals surface area (Å²) in [5.74, 6) is 0.462. The molecule has 0 heterocycles. The van der Waals surface area contributed by atoms with Crippen LogP contribution in [0.25, 0.3) is 11.1 Å². The van der Waals surface area contributed by atoms with Crippen molar-refractivity contribution >= 4 is 0 Å². The number of para-hydroxylation sites is 1. The topological polar surface area (TPSA) is 9.23 Å². The fourth-order valence-corrected chi connectivity index (χ4v) is 2.50. The average molecular weight is 304 g/mol. The van der Waals surface area contributed by atoms with E-state index in [1.165, 1.54) is 6.07 Å². The molecule has 0 atom stereocenters. The molecule has 2 heteroatoms. The maximum Gasteiger partial charge on any atom is 0.165 e. The van der Waals surface area contributed by atoms with Crippen LogP contribution in [0.5, 0.6) is 11.5 Å². The third-order valence-electron chi connectivity index (χ3n) is 3.59. The summed E-state index contributed by atoms with van der Waals surface area (Å²) in [6, 6.07) is 22.2. The fourth-order valence-electron chi connectivity index (χ4n) is 2.50. The molecular weight excluding hydrogens is 287 g/mol. The van der Waals surface area contributed by atoms with Gasteiger partial charge in [-0.2, -0.15) is 0 Å².